The highest BCUT2D eigenvalue weighted by molar-refractivity contribution is 5.83. The van der Waals surface area contributed by atoms with Crippen LogP contribution in [0.25, 0.3) is 11.1 Å². The van der Waals surface area contributed by atoms with E-state index >= 15 is 0 Å². The Bertz CT molecular complexity index is 746. The molecule has 0 spiro atoms. The van der Waals surface area contributed by atoms with Gasteiger partial charge in [-0.25, -0.2) is 4.79 Å². The van der Waals surface area contributed by atoms with Crippen LogP contribution in [0.5, 0.6) is 0 Å². The lowest BCUT2D eigenvalue weighted by atomic mass is 10.0. The molecule has 2 heterocycles. The first-order valence-corrected chi connectivity index (χ1v) is 8.23. The summed E-state index contributed by atoms with van der Waals surface area (Å²) in [5.41, 5.74) is 3.13. The first kappa shape index (κ1) is 17.1. The molecule has 1 saturated heterocycles. The molecule has 130 valence electrons. The molecule has 1 aliphatic heterocycles. The van der Waals surface area contributed by atoms with E-state index in [1.165, 1.54) is 0 Å². The van der Waals surface area contributed by atoms with Gasteiger partial charge in [0, 0.05) is 12.4 Å². The van der Waals surface area contributed by atoms with Gasteiger partial charge in [-0.3, -0.25) is 9.78 Å². The fraction of sp³-hybridized carbons (Fsp3) is 0.316. The number of amides is 1. The Labute approximate surface area is 145 Å². The van der Waals surface area contributed by atoms with Crippen molar-refractivity contribution in [2.75, 3.05) is 0 Å². The van der Waals surface area contributed by atoms with E-state index in [0.29, 0.717) is 12.8 Å². The number of ether oxygens (including phenoxy) is 1. The van der Waals surface area contributed by atoms with Gasteiger partial charge >= 0.3 is 5.97 Å². The van der Waals surface area contributed by atoms with Crippen molar-refractivity contribution in [2.24, 2.45) is 0 Å². The maximum Gasteiger partial charge on any atom is 0.332 e. The van der Waals surface area contributed by atoms with Crippen molar-refractivity contribution in [3.63, 3.8) is 0 Å². The SMILES string of the molecule is CC(NC(=O)[C@@H]1CC[C@H](C(=O)O)O1)c1ccc(-c2ccncc2)cc1. The molecule has 0 bridgehead atoms. The summed E-state index contributed by atoms with van der Waals surface area (Å²) in [6.07, 6.45) is 2.71. The Hall–Kier alpha value is -2.73. The minimum Gasteiger partial charge on any atom is -0.479 e. The molecule has 6 heteroatoms. The first-order valence-electron chi connectivity index (χ1n) is 8.23. The summed E-state index contributed by atoms with van der Waals surface area (Å²) in [4.78, 5) is 27.2. The Morgan fingerprint density at radius 1 is 1.08 bits per heavy atom. The number of carbonyl (C=O) groups is 2. The van der Waals surface area contributed by atoms with Crippen LogP contribution in [0.15, 0.2) is 48.8 Å². The second kappa shape index (κ2) is 7.44. The maximum absolute atomic E-state index is 12.2. The van der Waals surface area contributed by atoms with E-state index in [2.05, 4.69) is 10.3 Å². The number of nitrogens with zero attached hydrogens (tertiary/aromatic N) is 1. The molecule has 1 aliphatic rings. The zero-order valence-electron chi connectivity index (χ0n) is 13.9. The summed E-state index contributed by atoms with van der Waals surface area (Å²) in [5, 5.41) is 11.8. The normalized spacial score (nSPS) is 20.8. The van der Waals surface area contributed by atoms with Crippen molar-refractivity contribution in [2.45, 2.75) is 38.0 Å². The fourth-order valence-electron chi connectivity index (χ4n) is 2.91. The minimum absolute atomic E-state index is 0.188. The summed E-state index contributed by atoms with van der Waals surface area (Å²) < 4.78 is 5.28. The van der Waals surface area contributed by atoms with Gasteiger partial charge in [-0.15, -0.1) is 0 Å². The third-order valence-corrected chi connectivity index (χ3v) is 4.37. The van der Waals surface area contributed by atoms with E-state index in [4.69, 9.17) is 9.84 Å². The molecule has 1 aromatic heterocycles. The van der Waals surface area contributed by atoms with Crippen molar-refractivity contribution < 1.29 is 19.4 Å². The monoisotopic (exact) mass is 340 g/mol. The predicted molar refractivity (Wildman–Crippen MR) is 91.8 cm³/mol. The van der Waals surface area contributed by atoms with Crippen LogP contribution in [0, 0.1) is 0 Å². The van der Waals surface area contributed by atoms with Gasteiger partial charge in [0.25, 0.3) is 0 Å². The van der Waals surface area contributed by atoms with Crippen LogP contribution >= 0.6 is 0 Å². The summed E-state index contributed by atoms with van der Waals surface area (Å²) in [7, 11) is 0. The Balaban J connectivity index is 1.61. The number of hydrogen-bond acceptors (Lipinski definition) is 4. The number of rotatable bonds is 5. The van der Waals surface area contributed by atoms with Crippen molar-refractivity contribution in [1.29, 1.82) is 0 Å². The average molecular weight is 340 g/mol. The number of pyridine rings is 1. The molecule has 25 heavy (non-hydrogen) atoms. The Morgan fingerprint density at radius 3 is 2.28 bits per heavy atom. The number of carboxylic acid groups (broad SMARTS) is 1. The average Bonchev–Trinajstić information content (AvgIpc) is 3.13. The lowest BCUT2D eigenvalue weighted by Crippen LogP contribution is -2.37. The van der Waals surface area contributed by atoms with E-state index in [1.54, 1.807) is 12.4 Å². The number of nitrogens with one attached hydrogen (secondary N) is 1. The number of hydrogen-bond donors (Lipinski definition) is 2. The highest BCUT2D eigenvalue weighted by Crippen LogP contribution is 2.23. The quantitative estimate of drug-likeness (QED) is 0.873. The van der Waals surface area contributed by atoms with Gasteiger partial charge in [-0.2, -0.15) is 0 Å². The smallest absolute Gasteiger partial charge is 0.332 e. The van der Waals surface area contributed by atoms with Crippen LogP contribution in [-0.4, -0.2) is 34.2 Å². The molecule has 6 nitrogen and oxygen atoms in total. The fourth-order valence-corrected chi connectivity index (χ4v) is 2.91. The Kier molecular flexibility index (Phi) is 5.09. The maximum atomic E-state index is 12.2. The van der Waals surface area contributed by atoms with Crippen LogP contribution in [0.1, 0.15) is 31.4 Å². The highest BCUT2D eigenvalue weighted by Gasteiger charge is 2.35. The van der Waals surface area contributed by atoms with E-state index in [9.17, 15) is 9.59 Å². The molecule has 1 unspecified atom stereocenters. The summed E-state index contributed by atoms with van der Waals surface area (Å²) >= 11 is 0. The molecule has 0 radical (unpaired) electrons. The summed E-state index contributed by atoms with van der Waals surface area (Å²) in [5.74, 6) is -1.29. The number of benzene rings is 1. The third kappa shape index (κ3) is 4.03. The van der Waals surface area contributed by atoms with Crippen LogP contribution in [-0.2, 0) is 14.3 Å². The summed E-state index contributed by atoms with van der Waals surface area (Å²) in [6.45, 7) is 1.89. The standard InChI is InChI=1S/C19H20N2O4/c1-12(21-18(22)16-6-7-17(25-16)19(23)24)13-2-4-14(5-3-13)15-8-10-20-11-9-15/h2-5,8-12,16-17H,6-7H2,1H3,(H,21,22)(H,23,24)/t12?,16-,17+/m0/s1. The van der Waals surface area contributed by atoms with Crippen molar-refractivity contribution in [1.82, 2.24) is 10.3 Å². The Morgan fingerprint density at radius 2 is 1.68 bits per heavy atom. The van der Waals surface area contributed by atoms with Crippen LogP contribution < -0.4 is 5.32 Å². The molecule has 2 N–H and O–H groups in total. The van der Waals surface area contributed by atoms with Gasteiger partial charge in [0.15, 0.2) is 6.10 Å². The largest absolute Gasteiger partial charge is 0.479 e. The summed E-state index contributed by atoms with van der Waals surface area (Å²) in [6, 6.07) is 11.6. The van der Waals surface area contributed by atoms with Gasteiger partial charge < -0.3 is 15.2 Å². The topological polar surface area (TPSA) is 88.5 Å². The van der Waals surface area contributed by atoms with Gasteiger partial charge in [0.1, 0.15) is 6.10 Å². The second-order valence-corrected chi connectivity index (χ2v) is 6.12. The first-order chi connectivity index (χ1) is 12.0. The number of carbonyl (C=O) groups excluding carboxylic acids is 1. The second-order valence-electron chi connectivity index (χ2n) is 6.12. The van der Waals surface area contributed by atoms with Crippen molar-refractivity contribution in [3.05, 3.63) is 54.4 Å². The van der Waals surface area contributed by atoms with Gasteiger partial charge in [-0.05, 0) is 48.6 Å². The van der Waals surface area contributed by atoms with Gasteiger partial charge in [0.05, 0.1) is 6.04 Å². The number of carboxylic acids is 1. The van der Waals surface area contributed by atoms with Crippen LogP contribution in [0.4, 0.5) is 0 Å². The molecule has 3 rings (SSSR count). The molecule has 0 saturated carbocycles. The minimum atomic E-state index is -1.02. The molecule has 3 atom stereocenters. The van der Waals surface area contributed by atoms with Crippen LogP contribution in [0.3, 0.4) is 0 Å². The molecular formula is C19H20N2O4. The third-order valence-electron chi connectivity index (χ3n) is 4.37. The molecule has 0 aliphatic carbocycles. The number of aliphatic carboxylic acids is 1. The lowest BCUT2D eigenvalue weighted by molar-refractivity contribution is -0.151. The van der Waals surface area contributed by atoms with Crippen molar-refractivity contribution >= 4 is 11.9 Å². The van der Waals surface area contributed by atoms with E-state index < -0.39 is 18.2 Å². The van der Waals surface area contributed by atoms with E-state index in [-0.39, 0.29) is 11.9 Å². The molecular weight excluding hydrogens is 320 g/mol. The number of aromatic nitrogens is 1. The molecule has 2 aromatic rings. The highest BCUT2D eigenvalue weighted by atomic mass is 16.5. The van der Waals surface area contributed by atoms with Gasteiger partial charge in [0.2, 0.25) is 5.91 Å². The van der Waals surface area contributed by atoms with Gasteiger partial charge in [-0.1, -0.05) is 24.3 Å². The van der Waals surface area contributed by atoms with E-state index in [0.717, 1.165) is 16.7 Å². The zero-order chi connectivity index (χ0) is 17.8. The lowest BCUT2D eigenvalue weighted by Gasteiger charge is -2.18. The van der Waals surface area contributed by atoms with Crippen molar-refractivity contribution in [3.8, 4) is 11.1 Å². The molecule has 1 amide bonds. The molecule has 1 aromatic carbocycles. The predicted octanol–water partition coefficient (Wildman–Crippen LogP) is 2.56. The molecule has 1 fully saturated rings. The van der Waals surface area contributed by atoms with Crippen LogP contribution in [0.2, 0.25) is 0 Å². The van der Waals surface area contributed by atoms with E-state index in [1.807, 2.05) is 43.3 Å². The zero-order valence-corrected chi connectivity index (χ0v) is 13.9.